The first-order chi connectivity index (χ1) is 9.79. The van der Waals surface area contributed by atoms with Gasteiger partial charge < -0.3 is 5.73 Å². The topological polar surface area (TPSA) is 90.9 Å². The zero-order valence-electron chi connectivity index (χ0n) is 11.8. The SMILES string of the molecule is CC(C)Cn1ncnc1CS(=O)(=O)c1cc(Br)ccc1N. The molecule has 0 radical (unpaired) electrons. The molecule has 1 aromatic carbocycles. The third-order valence-electron chi connectivity index (χ3n) is 2.86. The van der Waals surface area contributed by atoms with E-state index < -0.39 is 9.84 Å². The van der Waals surface area contributed by atoms with Crippen LogP contribution in [0.1, 0.15) is 19.7 Å². The average molecular weight is 373 g/mol. The van der Waals surface area contributed by atoms with E-state index in [1.807, 2.05) is 13.8 Å². The lowest BCUT2D eigenvalue weighted by atomic mass is 10.2. The van der Waals surface area contributed by atoms with Crippen molar-refractivity contribution in [3.05, 3.63) is 34.8 Å². The second-order valence-corrected chi connectivity index (χ2v) is 8.07. The molecule has 0 amide bonds. The van der Waals surface area contributed by atoms with Gasteiger partial charge in [-0.25, -0.2) is 18.1 Å². The Morgan fingerprint density at radius 2 is 2.10 bits per heavy atom. The normalized spacial score (nSPS) is 12.0. The van der Waals surface area contributed by atoms with Crippen molar-refractivity contribution in [2.45, 2.75) is 31.0 Å². The summed E-state index contributed by atoms with van der Waals surface area (Å²) >= 11 is 3.26. The van der Waals surface area contributed by atoms with E-state index in [0.717, 1.165) is 0 Å². The monoisotopic (exact) mass is 372 g/mol. The highest BCUT2D eigenvalue weighted by Crippen LogP contribution is 2.25. The van der Waals surface area contributed by atoms with E-state index in [2.05, 4.69) is 26.0 Å². The molecule has 2 rings (SSSR count). The minimum Gasteiger partial charge on any atom is -0.398 e. The maximum Gasteiger partial charge on any atom is 0.187 e. The summed E-state index contributed by atoms with van der Waals surface area (Å²) in [4.78, 5) is 4.16. The predicted molar refractivity (Wildman–Crippen MR) is 84.3 cm³/mol. The zero-order chi connectivity index (χ0) is 15.6. The van der Waals surface area contributed by atoms with Gasteiger partial charge in [0.1, 0.15) is 17.9 Å². The number of nitrogens with zero attached hydrogens (tertiary/aromatic N) is 3. The highest BCUT2D eigenvalue weighted by molar-refractivity contribution is 9.10. The average Bonchev–Trinajstić information content (AvgIpc) is 2.78. The van der Waals surface area contributed by atoms with Crippen LogP contribution in [0.25, 0.3) is 0 Å². The molecule has 0 unspecified atom stereocenters. The van der Waals surface area contributed by atoms with Gasteiger partial charge in [-0.1, -0.05) is 29.8 Å². The summed E-state index contributed by atoms with van der Waals surface area (Å²) < 4.78 is 27.3. The smallest absolute Gasteiger partial charge is 0.187 e. The van der Waals surface area contributed by atoms with E-state index in [1.165, 1.54) is 12.4 Å². The Bertz CT molecular complexity index is 740. The summed E-state index contributed by atoms with van der Waals surface area (Å²) in [6.07, 6.45) is 1.37. The molecule has 0 atom stereocenters. The second kappa shape index (κ2) is 6.15. The van der Waals surface area contributed by atoms with Crippen molar-refractivity contribution in [2.75, 3.05) is 5.73 Å². The molecule has 0 saturated carbocycles. The van der Waals surface area contributed by atoms with Gasteiger partial charge in [0.05, 0.1) is 10.6 Å². The van der Waals surface area contributed by atoms with Crippen LogP contribution in [0.3, 0.4) is 0 Å². The molecule has 0 aliphatic carbocycles. The Kier molecular flexibility index (Phi) is 4.67. The molecule has 8 heteroatoms. The standard InChI is InChI=1S/C13H17BrN4O2S/c1-9(2)6-18-13(16-8-17-18)7-21(19,20)12-5-10(14)3-4-11(12)15/h3-5,8-9H,6-7,15H2,1-2H3. The summed E-state index contributed by atoms with van der Waals surface area (Å²) in [5, 5.41) is 4.07. The first kappa shape index (κ1) is 16.0. The molecule has 21 heavy (non-hydrogen) atoms. The summed E-state index contributed by atoms with van der Waals surface area (Å²) in [7, 11) is -3.57. The van der Waals surface area contributed by atoms with E-state index in [9.17, 15) is 8.42 Å². The number of benzene rings is 1. The van der Waals surface area contributed by atoms with Crippen LogP contribution >= 0.6 is 15.9 Å². The summed E-state index contributed by atoms with van der Waals surface area (Å²) in [6.45, 7) is 4.69. The summed E-state index contributed by atoms with van der Waals surface area (Å²) in [5.74, 6) is 0.549. The van der Waals surface area contributed by atoms with E-state index in [-0.39, 0.29) is 16.3 Å². The number of nitrogens with two attached hydrogens (primary N) is 1. The first-order valence-corrected chi connectivity index (χ1v) is 8.88. The van der Waals surface area contributed by atoms with E-state index in [4.69, 9.17) is 5.73 Å². The number of aromatic nitrogens is 3. The van der Waals surface area contributed by atoms with Gasteiger partial charge in [-0.3, -0.25) is 0 Å². The van der Waals surface area contributed by atoms with Gasteiger partial charge in [0, 0.05) is 11.0 Å². The van der Waals surface area contributed by atoms with Gasteiger partial charge in [0.25, 0.3) is 0 Å². The number of anilines is 1. The Morgan fingerprint density at radius 1 is 1.38 bits per heavy atom. The number of nitrogen functional groups attached to an aromatic ring is 1. The van der Waals surface area contributed by atoms with Crippen molar-refractivity contribution in [3.8, 4) is 0 Å². The molecule has 114 valence electrons. The molecule has 0 spiro atoms. The largest absolute Gasteiger partial charge is 0.398 e. The third kappa shape index (κ3) is 3.82. The Labute approximate surface area is 132 Å². The van der Waals surface area contributed by atoms with Crippen LogP contribution < -0.4 is 5.73 Å². The summed E-state index contributed by atoms with van der Waals surface area (Å²) in [5.41, 5.74) is 6.01. The molecule has 0 saturated heterocycles. The van der Waals surface area contributed by atoms with Gasteiger partial charge in [0.2, 0.25) is 0 Å². The van der Waals surface area contributed by atoms with E-state index >= 15 is 0 Å². The lowest BCUT2D eigenvalue weighted by molar-refractivity contribution is 0.470. The van der Waals surface area contributed by atoms with Crippen molar-refractivity contribution in [2.24, 2.45) is 5.92 Å². The van der Waals surface area contributed by atoms with Crippen LogP contribution in [-0.4, -0.2) is 23.2 Å². The third-order valence-corrected chi connectivity index (χ3v) is 5.02. The number of rotatable bonds is 5. The van der Waals surface area contributed by atoms with Crippen LogP contribution in [0.4, 0.5) is 5.69 Å². The van der Waals surface area contributed by atoms with Crippen LogP contribution in [0.5, 0.6) is 0 Å². The van der Waals surface area contributed by atoms with Gasteiger partial charge in [-0.05, 0) is 24.1 Å². The molecule has 0 aliphatic heterocycles. The molecule has 2 N–H and O–H groups in total. The lowest BCUT2D eigenvalue weighted by Crippen LogP contribution is -2.15. The fourth-order valence-corrected chi connectivity index (χ4v) is 3.89. The number of hydrogen-bond acceptors (Lipinski definition) is 5. The molecule has 0 fully saturated rings. The fraction of sp³-hybridized carbons (Fsp3) is 0.385. The molecule has 1 heterocycles. The molecule has 1 aromatic heterocycles. The number of hydrogen-bond donors (Lipinski definition) is 1. The van der Waals surface area contributed by atoms with Gasteiger partial charge in [-0.2, -0.15) is 5.10 Å². The minimum atomic E-state index is -3.57. The van der Waals surface area contributed by atoms with Crippen LogP contribution in [0.15, 0.2) is 33.9 Å². The maximum absolute atomic E-state index is 12.5. The lowest BCUT2D eigenvalue weighted by Gasteiger charge is -2.10. The van der Waals surface area contributed by atoms with Crippen LogP contribution in [0.2, 0.25) is 0 Å². The number of halogens is 1. The molecule has 2 aromatic rings. The molecular weight excluding hydrogens is 356 g/mol. The van der Waals surface area contributed by atoms with Gasteiger partial charge >= 0.3 is 0 Å². The Hall–Kier alpha value is -1.41. The number of sulfone groups is 1. The maximum atomic E-state index is 12.5. The zero-order valence-corrected chi connectivity index (χ0v) is 14.2. The van der Waals surface area contributed by atoms with Gasteiger partial charge in [0.15, 0.2) is 9.84 Å². The summed E-state index contributed by atoms with van der Waals surface area (Å²) in [6, 6.07) is 4.78. The Balaban J connectivity index is 2.34. The quantitative estimate of drug-likeness (QED) is 0.812. The molecular formula is C13H17BrN4O2S. The minimum absolute atomic E-state index is 0.107. The molecule has 0 bridgehead atoms. The predicted octanol–water partition coefficient (Wildman–Crippen LogP) is 2.25. The van der Waals surface area contributed by atoms with Crippen LogP contribution in [0, 0.1) is 5.92 Å². The fourth-order valence-electron chi connectivity index (χ4n) is 1.92. The van der Waals surface area contributed by atoms with Crippen molar-refractivity contribution in [3.63, 3.8) is 0 Å². The van der Waals surface area contributed by atoms with Crippen LogP contribution in [-0.2, 0) is 22.1 Å². The van der Waals surface area contributed by atoms with Crippen molar-refractivity contribution in [1.82, 2.24) is 14.8 Å². The molecule has 0 aliphatic rings. The van der Waals surface area contributed by atoms with Crippen molar-refractivity contribution in [1.29, 1.82) is 0 Å². The van der Waals surface area contributed by atoms with E-state index in [1.54, 1.807) is 16.8 Å². The second-order valence-electron chi connectivity index (χ2n) is 5.19. The van der Waals surface area contributed by atoms with E-state index in [0.29, 0.717) is 22.8 Å². The van der Waals surface area contributed by atoms with Crippen molar-refractivity contribution >= 4 is 31.5 Å². The highest BCUT2D eigenvalue weighted by Gasteiger charge is 2.22. The Morgan fingerprint density at radius 3 is 2.76 bits per heavy atom. The highest BCUT2D eigenvalue weighted by atomic mass is 79.9. The van der Waals surface area contributed by atoms with Crippen molar-refractivity contribution < 1.29 is 8.42 Å². The van der Waals surface area contributed by atoms with Gasteiger partial charge in [-0.15, -0.1) is 0 Å². The molecule has 6 nitrogen and oxygen atoms in total. The first-order valence-electron chi connectivity index (χ1n) is 6.44.